The van der Waals surface area contributed by atoms with E-state index in [0.717, 1.165) is 5.56 Å². The van der Waals surface area contributed by atoms with Gasteiger partial charge in [0.05, 0.1) is 14.2 Å². The van der Waals surface area contributed by atoms with Crippen molar-refractivity contribution in [2.75, 3.05) is 27.5 Å². The van der Waals surface area contributed by atoms with E-state index in [9.17, 15) is 4.39 Å². The van der Waals surface area contributed by atoms with Crippen molar-refractivity contribution in [3.05, 3.63) is 17.7 Å². The van der Waals surface area contributed by atoms with E-state index in [0.29, 0.717) is 23.7 Å². The van der Waals surface area contributed by atoms with Gasteiger partial charge in [-0.25, -0.2) is 4.39 Å². The number of halogens is 1. The summed E-state index contributed by atoms with van der Waals surface area (Å²) in [6, 6.07) is 3.70. The van der Waals surface area contributed by atoms with E-state index in [4.69, 9.17) is 19.9 Å². The topological polar surface area (TPSA) is 53.7 Å². The van der Waals surface area contributed by atoms with E-state index in [-0.39, 0.29) is 12.6 Å². The zero-order valence-corrected chi connectivity index (χ0v) is 11.0. The molecule has 0 saturated carbocycles. The van der Waals surface area contributed by atoms with Gasteiger partial charge in [0.2, 0.25) is 5.75 Å². The molecule has 0 aliphatic heterocycles. The van der Waals surface area contributed by atoms with Gasteiger partial charge in [0.15, 0.2) is 11.5 Å². The highest BCUT2D eigenvalue weighted by Crippen LogP contribution is 2.38. The van der Waals surface area contributed by atoms with Gasteiger partial charge < -0.3 is 19.9 Å². The van der Waals surface area contributed by atoms with Gasteiger partial charge in [-0.3, -0.25) is 0 Å². The van der Waals surface area contributed by atoms with Crippen LogP contribution in [0, 0.1) is 0 Å². The summed E-state index contributed by atoms with van der Waals surface area (Å²) in [5, 5.41) is 0. The number of benzene rings is 1. The van der Waals surface area contributed by atoms with Crippen molar-refractivity contribution in [2.24, 2.45) is 5.73 Å². The SMILES string of the molecule is COc1cc(CC(C)N)cc(OC)c1OCCF. The number of rotatable bonds is 7. The first-order valence-corrected chi connectivity index (χ1v) is 5.81. The fraction of sp³-hybridized carbons (Fsp3) is 0.538. The number of methoxy groups -OCH3 is 2. The molecule has 0 radical (unpaired) electrons. The second-order valence-electron chi connectivity index (χ2n) is 4.05. The van der Waals surface area contributed by atoms with Crippen LogP contribution in [0.3, 0.4) is 0 Å². The second-order valence-corrected chi connectivity index (χ2v) is 4.05. The highest BCUT2D eigenvalue weighted by atomic mass is 19.1. The summed E-state index contributed by atoms with van der Waals surface area (Å²) in [6.07, 6.45) is 0.704. The Hall–Kier alpha value is -1.49. The van der Waals surface area contributed by atoms with Crippen molar-refractivity contribution < 1.29 is 18.6 Å². The third-order valence-electron chi connectivity index (χ3n) is 2.40. The van der Waals surface area contributed by atoms with Crippen LogP contribution in [-0.4, -0.2) is 33.5 Å². The Morgan fingerprint density at radius 3 is 2.17 bits per heavy atom. The highest BCUT2D eigenvalue weighted by molar-refractivity contribution is 5.54. The van der Waals surface area contributed by atoms with E-state index in [1.807, 2.05) is 19.1 Å². The van der Waals surface area contributed by atoms with Crippen molar-refractivity contribution in [1.82, 2.24) is 0 Å². The van der Waals surface area contributed by atoms with Crippen LogP contribution in [0.5, 0.6) is 17.2 Å². The Morgan fingerprint density at radius 1 is 1.22 bits per heavy atom. The Balaban J connectivity index is 3.08. The number of alkyl halides is 1. The average Bonchev–Trinajstić information content (AvgIpc) is 2.35. The van der Waals surface area contributed by atoms with Crippen LogP contribution in [-0.2, 0) is 6.42 Å². The molecule has 0 bridgehead atoms. The first kappa shape index (κ1) is 14.6. The van der Waals surface area contributed by atoms with E-state index in [1.165, 1.54) is 14.2 Å². The van der Waals surface area contributed by atoms with Crippen LogP contribution < -0.4 is 19.9 Å². The molecular weight excluding hydrogens is 237 g/mol. The molecule has 102 valence electrons. The lowest BCUT2D eigenvalue weighted by atomic mass is 10.1. The minimum absolute atomic E-state index is 0.0284. The fourth-order valence-corrected chi connectivity index (χ4v) is 1.71. The third-order valence-corrected chi connectivity index (χ3v) is 2.40. The normalized spacial score (nSPS) is 12.1. The van der Waals surface area contributed by atoms with Crippen LogP contribution >= 0.6 is 0 Å². The molecule has 1 atom stereocenters. The maximum Gasteiger partial charge on any atom is 0.203 e. The minimum atomic E-state index is -0.562. The van der Waals surface area contributed by atoms with Crippen molar-refractivity contribution in [2.45, 2.75) is 19.4 Å². The number of hydrogen-bond donors (Lipinski definition) is 1. The molecule has 0 amide bonds. The van der Waals surface area contributed by atoms with Gasteiger partial charge in [0.25, 0.3) is 0 Å². The summed E-state index contributed by atoms with van der Waals surface area (Å²) in [5.74, 6) is 1.47. The lowest BCUT2D eigenvalue weighted by molar-refractivity contribution is 0.247. The number of nitrogens with two attached hydrogens (primary N) is 1. The predicted molar refractivity (Wildman–Crippen MR) is 68.4 cm³/mol. The van der Waals surface area contributed by atoms with Crippen LogP contribution in [0.15, 0.2) is 12.1 Å². The van der Waals surface area contributed by atoms with Gasteiger partial charge in [-0.05, 0) is 31.0 Å². The third kappa shape index (κ3) is 3.77. The summed E-state index contributed by atoms with van der Waals surface area (Å²) in [4.78, 5) is 0. The molecule has 0 aliphatic carbocycles. The second kappa shape index (κ2) is 7.06. The van der Waals surface area contributed by atoms with Crippen LogP contribution in [0.25, 0.3) is 0 Å². The molecule has 1 aromatic rings. The Bertz CT molecular complexity index is 357. The summed E-state index contributed by atoms with van der Waals surface area (Å²) in [7, 11) is 3.07. The molecule has 0 spiro atoms. The van der Waals surface area contributed by atoms with Crippen molar-refractivity contribution in [3.8, 4) is 17.2 Å². The zero-order chi connectivity index (χ0) is 13.5. The van der Waals surface area contributed by atoms with Crippen molar-refractivity contribution >= 4 is 0 Å². The Labute approximate surface area is 107 Å². The highest BCUT2D eigenvalue weighted by Gasteiger charge is 2.14. The molecule has 18 heavy (non-hydrogen) atoms. The van der Waals surface area contributed by atoms with E-state index in [2.05, 4.69) is 0 Å². The van der Waals surface area contributed by atoms with E-state index in [1.54, 1.807) is 0 Å². The van der Waals surface area contributed by atoms with Crippen LogP contribution in [0.4, 0.5) is 4.39 Å². The molecule has 1 aromatic carbocycles. The minimum Gasteiger partial charge on any atom is -0.493 e. The van der Waals surface area contributed by atoms with Gasteiger partial charge in [-0.1, -0.05) is 0 Å². The molecule has 0 heterocycles. The summed E-state index contributed by atoms with van der Waals surface area (Å²) >= 11 is 0. The molecule has 0 aliphatic rings. The van der Waals surface area contributed by atoms with Gasteiger partial charge >= 0.3 is 0 Å². The van der Waals surface area contributed by atoms with Gasteiger partial charge in [0.1, 0.15) is 13.3 Å². The molecular formula is C13H20FNO3. The number of ether oxygens (including phenoxy) is 3. The monoisotopic (exact) mass is 257 g/mol. The largest absolute Gasteiger partial charge is 0.493 e. The maximum atomic E-state index is 12.2. The molecule has 0 aromatic heterocycles. The van der Waals surface area contributed by atoms with Crippen molar-refractivity contribution in [3.63, 3.8) is 0 Å². The van der Waals surface area contributed by atoms with E-state index < -0.39 is 6.67 Å². The molecule has 0 fully saturated rings. The van der Waals surface area contributed by atoms with Crippen molar-refractivity contribution in [1.29, 1.82) is 0 Å². The fourth-order valence-electron chi connectivity index (χ4n) is 1.71. The average molecular weight is 257 g/mol. The number of hydrogen-bond acceptors (Lipinski definition) is 4. The Kier molecular flexibility index (Phi) is 5.71. The van der Waals surface area contributed by atoms with Crippen LogP contribution in [0.1, 0.15) is 12.5 Å². The molecule has 2 N–H and O–H groups in total. The summed E-state index contributed by atoms with van der Waals surface area (Å²) in [6.45, 7) is 1.33. The van der Waals surface area contributed by atoms with Crippen LogP contribution in [0.2, 0.25) is 0 Å². The summed E-state index contributed by atoms with van der Waals surface area (Å²) < 4.78 is 28.0. The smallest absolute Gasteiger partial charge is 0.203 e. The Morgan fingerprint density at radius 2 is 1.78 bits per heavy atom. The first-order chi connectivity index (χ1) is 8.62. The van der Waals surface area contributed by atoms with Gasteiger partial charge in [-0.15, -0.1) is 0 Å². The maximum absolute atomic E-state index is 12.2. The molecule has 0 saturated heterocycles. The molecule has 4 nitrogen and oxygen atoms in total. The lowest BCUT2D eigenvalue weighted by Crippen LogP contribution is -2.17. The summed E-state index contributed by atoms with van der Waals surface area (Å²) in [5.41, 5.74) is 6.76. The predicted octanol–water partition coefficient (Wildman–Crippen LogP) is 1.94. The van der Waals surface area contributed by atoms with Gasteiger partial charge in [-0.2, -0.15) is 0 Å². The standard InChI is InChI=1S/C13H20FNO3/c1-9(15)6-10-7-11(16-2)13(18-5-4-14)12(8-10)17-3/h7-9H,4-6,15H2,1-3H3. The van der Waals surface area contributed by atoms with E-state index >= 15 is 0 Å². The quantitative estimate of drug-likeness (QED) is 0.811. The lowest BCUT2D eigenvalue weighted by Gasteiger charge is -2.16. The zero-order valence-electron chi connectivity index (χ0n) is 11.0. The molecule has 1 unspecified atom stereocenters. The molecule has 1 rings (SSSR count). The van der Waals surface area contributed by atoms with Gasteiger partial charge in [0, 0.05) is 6.04 Å². The molecule has 5 heteroatoms. The first-order valence-electron chi connectivity index (χ1n) is 5.81.